The Hall–Kier alpha value is -5.10. The predicted octanol–water partition coefficient (Wildman–Crippen LogP) is 5.74. The fourth-order valence-electron chi connectivity index (χ4n) is 4.65. The number of nitrogens with zero attached hydrogens (tertiary/aromatic N) is 6. The van der Waals surface area contributed by atoms with Crippen molar-refractivity contribution >= 4 is 17.6 Å². The summed E-state index contributed by atoms with van der Waals surface area (Å²) in [7, 11) is 0. The smallest absolute Gasteiger partial charge is 0.363 e. The lowest BCUT2D eigenvalue weighted by Crippen LogP contribution is -2.17. The summed E-state index contributed by atoms with van der Waals surface area (Å²) in [6, 6.07) is 22.5. The summed E-state index contributed by atoms with van der Waals surface area (Å²) in [6.45, 7) is 2.39. The van der Waals surface area contributed by atoms with E-state index in [1.165, 1.54) is 0 Å². The summed E-state index contributed by atoms with van der Waals surface area (Å²) < 4.78 is 7.47. The molecule has 2 aromatic heterocycles. The van der Waals surface area contributed by atoms with Gasteiger partial charge in [-0.25, -0.2) is 9.78 Å². The van der Waals surface area contributed by atoms with Crippen molar-refractivity contribution in [3.63, 3.8) is 0 Å². The second-order valence-electron chi connectivity index (χ2n) is 9.68. The molecule has 0 fully saturated rings. The molecule has 0 spiro atoms. The zero-order valence-corrected chi connectivity index (χ0v) is 24.0. The molecule has 0 radical (unpaired) electrons. The first-order valence-electron chi connectivity index (χ1n) is 13.7. The van der Waals surface area contributed by atoms with Crippen LogP contribution < -0.4 is 4.74 Å². The van der Waals surface area contributed by atoms with Crippen LogP contribution in [0, 0.1) is 10.1 Å². The van der Waals surface area contributed by atoms with Gasteiger partial charge in [-0.3, -0.25) is 0 Å². The first kappa shape index (κ1) is 29.4. The van der Waals surface area contributed by atoms with Gasteiger partial charge in [0.25, 0.3) is 5.09 Å². The lowest BCUT2D eigenvalue weighted by molar-refractivity contribution is -0.757. The van der Waals surface area contributed by atoms with Gasteiger partial charge in [0.2, 0.25) is 5.82 Å². The third-order valence-corrected chi connectivity index (χ3v) is 7.06. The molecule has 0 saturated carbocycles. The molecular weight excluding hydrogens is 574 g/mol. The normalized spacial score (nSPS) is 10.9. The maximum atomic E-state index is 13.4. The molecule has 0 saturated heterocycles. The van der Waals surface area contributed by atoms with Crippen molar-refractivity contribution < 1.29 is 19.5 Å². The third kappa shape index (κ3) is 7.22. The van der Waals surface area contributed by atoms with Gasteiger partial charge < -0.3 is 14.1 Å². The SMILES string of the molecule is CCCCc1nc(Cl)c(C(=O)Oc2ccc(CCO[N+](=O)[O-])cc2)n1Cc1ccc(-c2ccccc2-c2nn[nH]n2)cc1. The number of aromatic nitrogens is 6. The summed E-state index contributed by atoms with van der Waals surface area (Å²) in [5.41, 5.74) is 4.72. The van der Waals surface area contributed by atoms with Crippen LogP contribution in [0.1, 0.15) is 47.2 Å². The molecule has 3 aromatic carbocycles. The summed E-state index contributed by atoms with van der Waals surface area (Å²) in [6.07, 6.45) is 2.84. The zero-order valence-electron chi connectivity index (χ0n) is 23.3. The van der Waals surface area contributed by atoms with Crippen molar-refractivity contribution in [3.8, 4) is 28.3 Å². The number of ether oxygens (including phenoxy) is 1. The Labute approximate surface area is 251 Å². The van der Waals surface area contributed by atoms with Crippen molar-refractivity contribution in [2.75, 3.05) is 6.61 Å². The maximum Gasteiger partial charge on any atom is 0.363 e. The summed E-state index contributed by atoms with van der Waals surface area (Å²) >= 11 is 6.51. The number of hydrogen-bond acceptors (Lipinski definition) is 9. The molecule has 0 amide bonds. The summed E-state index contributed by atoms with van der Waals surface area (Å²) in [5, 5.41) is 24.0. The second kappa shape index (κ2) is 13.7. The molecule has 13 heteroatoms. The van der Waals surface area contributed by atoms with Gasteiger partial charge in [-0.05, 0) is 52.4 Å². The molecule has 0 aliphatic rings. The van der Waals surface area contributed by atoms with E-state index in [1.54, 1.807) is 24.3 Å². The lowest BCUT2D eigenvalue weighted by atomic mass is 9.98. The Bertz CT molecular complexity index is 1690. The minimum Gasteiger partial charge on any atom is -0.422 e. The molecule has 12 nitrogen and oxygen atoms in total. The van der Waals surface area contributed by atoms with Gasteiger partial charge in [-0.15, -0.1) is 20.3 Å². The Kier molecular flexibility index (Phi) is 9.37. The highest BCUT2D eigenvalue weighted by molar-refractivity contribution is 6.32. The highest BCUT2D eigenvalue weighted by Crippen LogP contribution is 2.30. The quantitative estimate of drug-likeness (QED) is 0.0770. The molecule has 220 valence electrons. The van der Waals surface area contributed by atoms with Gasteiger partial charge >= 0.3 is 5.97 Å². The topological polar surface area (TPSA) is 151 Å². The van der Waals surface area contributed by atoms with Gasteiger partial charge in [0.05, 0.1) is 0 Å². The number of imidazole rings is 1. The number of aryl methyl sites for hydroxylation is 1. The van der Waals surface area contributed by atoms with E-state index < -0.39 is 11.1 Å². The van der Waals surface area contributed by atoms with E-state index in [0.29, 0.717) is 36.8 Å². The van der Waals surface area contributed by atoms with Crippen molar-refractivity contribution in [1.29, 1.82) is 0 Å². The number of hydrogen-bond donors (Lipinski definition) is 1. The number of halogens is 1. The number of aromatic amines is 1. The number of nitrogens with one attached hydrogen (secondary N) is 1. The van der Waals surface area contributed by atoms with Gasteiger partial charge in [0.1, 0.15) is 18.2 Å². The van der Waals surface area contributed by atoms with Crippen LogP contribution in [0.3, 0.4) is 0 Å². The Morgan fingerprint density at radius 2 is 1.72 bits per heavy atom. The maximum absolute atomic E-state index is 13.4. The standard InChI is InChI=1S/C30H28ClN7O5/c1-2-3-8-26-32-28(31)27(30(39)43-23-15-11-20(12-16-23)17-18-42-38(40)41)37(26)19-21-9-13-22(14-10-21)24-6-4-5-7-25(24)29-33-35-36-34-29/h4-7,9-16H,2-3,8,17-19H2,1H3,(H,33,34,35,36). The molecule has 43 heavy (non-hydrogen) atoms. The number of benzene rings is 3. The Morgan fingerprint density at radius 1 is 1.00 bits per heavy atom. The number of tetrazole rings is 1. The van der Waals surface area contributed by atoms with Crippen LogP contribution in [-0.2, 0) is 24.2 Å². The van der Waals surface area contributed by atoms with E-state index >= 15 is 0 Å². The van der Waals surface area contributed by atoms with E-state index in [9.17, 15) is 14.9 Å². The molecular formula is C30H28ClN7O5. The molecule has 0 aliphatic carbocycles. The van der Waals surface area contributed by atoms with Crippen molar-refractivity contribution in [2.45, 2.75) is 39.2 Å². The highest BCUT2D eigenvalue weighted by Gasteiger charge is 2.24. The fraction of sp³-hybridized carbons (Fsp3) is 0.233. The first-order chi connectivity index (χ1) is 20.9. The number of carbonyl (C=O) groups excluding carboxylic acids is 1. The van der Waals surface area contributed by atoms with E-state index in [-0.39, 0.29) is 17.5 Å². The molecule has 0 atom stereocenters. The van der Waals surface area contributed by atoms with E-state index in [4.69, 9.17) is 16.3 Å². The minimum absolute atomic E-state index is 0.0617. The van der Waals surface area contributed by atoms with Crippen LogP contribution in [0.15, 0.2) is 72.8 Å². The average molecular weight is 602 g/mol. The summed E-state index contributed by atoms with van der Waals surface area (Å²) in [4.78, 5) is 32.6. The van der Waals surface area contributed by atoms with Crippen LogP contribution in [-0.4, -0.2) is 47.8 Å². The number of H-pyrrole nitrogens is 1. The van der Waals surface area contributed by atoms with Gasteiger partial charge in [0, 0.05) is 18.5 Å². The van der Waals surface area contributed by atoms with Gasteiger partial charge in [0.15, 0.2) is 10.8 Å². The minimum atomic E-state index is -0.830. The van der Waals surface area contributed by atoms with E-state index in [0.717, 1.165) is 40.7 Å². The number of esters is 1. The van der Waals surface area contributed by atoms with Gasteiger partial charge in [-0.2, -0.15) is 5.21 Å². The predicted molar refractivity (Wildman–Crippen MR) is 158 cm³/mol. The second-order valence-corrected chi connectivity index (χ2v) is 10.0. The van der Waals surface area contributed by atoms with Crippen molar-refractivity contribution in [2.24, 2.45) is 0 Å². The molecule has 0 bridgehead atoms. The van der Waals surface area contributed by atoms with Crippen LogP contribution in [0.4, 0.5) is 0 Å². The van der Waals surface area contributed by atoms with Crippen LogP contribution in [0.2, 0.25) is 5.15 Å². The summed E-state index contributed by atoms with van der Waals surface area (Å²) in [5.74, 6) is 0.893. The van der Waals surface area contributed by atoms with Crippen LogP contribution in [0.5, 0.6) is 5.75 Å². The highest BCUT2D eigenvalue weighted by atomic mass is 35.5. The fourth-order valence-corrected chi connectivity index (χ4v) is 4.93. The molecule has 2 heterocycles. The molecule has 1 N–H and O–H groups in total. The third-order valence-electron chi connectivity index (χ3n) is 6.79. The number of carbonyl (C=O) groups is 1. The van der Waals surface area contributed by atoms with E-state index in [2.05, 4.69) is 37.4 Å². The Morgan fingerprint density at radius 3 is 2.40 bits per heavy atom. The van der Waals surface area contributed by atoms with Crippen molar-refractivity contribution in [1.82, 2.24) is 30.2 Å². The van der Waals surface area contributed by atoms with Crippen molar-refractivity contribution in [3.05, 3.63) is 111 Å². The lowest BCUT2D eigenvalue weighted by Gasteiger charge is -2.13. The molecule has 0 aliphatic heterocycles. The van der Waals surface area contributed by atoms with E-state index in [1.807, 2.05) is 53.1 Å². The molecule has 5 aromatic rings. The van der Waals surface area contributed by atoms with Gasteiger partial charge in [-0.1, -0.05) is 85.6 Å². The molecule has 5 rings (SSSR count). The zero-order chi connectivity index (χ0) is 30.2. The number of rotatable bonds is 13. The Balaban J connectivity index is 1.36. The first-order valence-corrected chi connectivity index (χ1v) is 14.1. The molecule has 0 unspecified atom stereocenters. The largest absolute Gasteiger partial charge is 0.422 e. The van der Waals surface area contributed by atoms with Crippen LogP contribution >= 0.6 is 11.6 Å². The van der Waals surface area contributed by atoms with Crippen LogP contribution in [0.25, 0.3) is 22.5 Å². The monoisotopic (exact) mass is 601 g/mol. The number of unbranched alkanes of at least 4 members (excludes halogenated alkanes) is 1. The average Bonchev–Trinajstić information content (AvgIpc) is 3.65.